The first-order chi connectivity index (χ1) is 8.15. The molecule has 0 aliphatic heterocycles. The normalized spacial score (nSPS) is 12.8. The molecule has 0 spiro atoms. The summed E-state index contributed by atoms with van der Waals surface area (Å²) in [4.78, 5) is 0. The number of nitrogens with two attached hydrogens (primary N) is 1. The number of hydrogen-bond donors (Lipinski definition) is 1. The van der Waals surface area contributed by atoms with Crippen LogP contribution < -0.4 is 10.5 Å². The van der Waals surface area contributed by atoms with Gasteiger partial charge < -0.3 is 15.2 Å². The van der Waals surface area contributed by atoms with Gasteiger partial charge in [0.05, 0.1) is 19.3 Å². The Bertz CT molecular complexity index is 334. The minimum atomic E-state index is -2.47. The topological polar surface area (TPSA) is 44.5 Å². The van der Waals surface area contributed by atoms with Crippen molar-refractivity contribution in [3.05, 3.63) is 29.8 Å². The van der Waals surface area contributed by atoms with Crippen LogP contribution in [0.2, 0.25) is 0 Å². The molecule has 0 aliphatic carbocycles. The molecule has 5 heteroatoms. The third-order valence-corrected chi connectivity index (χ3v) is 2.16. The van der Waals surface area contributed by atoms with Crippen LogP contribution in [0.25, 0.3) is 0 Å². The maximum absolute atomic E-state index is 11.9. The van der Waals surface area contributed by atoms with Crippen molar-refractivity contribution < 1.29 is 18.3 Å². The largest absolute Gasteiger partial charge is 0.494 e. The number of hydrogen-bond acceptors (Lipinski definition) is 3. The van der Waals surface area contributed by atoms with Crippen molar-refractivity contribution in [1.29, 1.82) is 0 Å². The van der Waals surface area contributed by atoms with Gasteiger partial charge in [-0.15, -0.1) is 0 Å². The van der Waals surface area contributed by atoms with E-state index in [1.54, 1.807) is 12.1 Å². The SMILES string of the molecule is CCOc1ccccc1C(N)COCC(F)F. The van der Waals surface area contributed by atoms with Crippen LogP contribution in [0.1, 0.15) is 18.5 Å². The molecule has 3 nitrogen and oxygen atoms in total. The van der Waals surface area contributed by atoms with Crippen LogP contribution in [0.3, 0.4) is 0 Å². The van der Waals surface area contributed by atoms with Gasteiger partial charge in [0.15, 0.2) is 0 Å². The second-order valence-corrected chi connectivity index (χ2v) is 3.51. The van der Waals surface area contributed by atoms with Gasteiger partial charge in [-0.05, 0) is 13.0 Å². The molecule has 0 bridgehead atoms. The molecule has 0 aromatic heterocycles. The monoisotopic (exact) mass is 245 g/mol. The van der Waals surface area contributed by atoms with Crippen LogP contribution in [0.15, 0.2) is 24.3 Å². The highest BCUT2D eigenvalue weighted by Gasteiger charge is 2.12. The van der Waals surface area contributed by atoms with Crippen molar-refractivity contribution in [2.24, 2.45) is 5.73 Å². The summed E-state index contributed by atoms with van der Waals surface area (Å²) < 4.78 is 34.0. The lowest BCUT2D eigenvalue weighted by Crippen LogP contribution is -2.20. The van der Waals surface area contributed by atoms with Gasteiger partial charge in [-0.1, -0.05) is 18.2 Å². The van der Waals surface area contributed by atoms with E-state index in [9.17, 15) is 8.78 Å². The summed E-state index contributed by atoms with van der Waals surface area (Å²) in [5.74, 6) is 0.670. The highest BCUT2D eigenvalue weighted by atomic mass is 19.3. The molecule has 0 saturated heterocycles. The van der Waals surface area contributed by atoms with Crippen LogP contribution in [0.4, 0.5) is 8.78 Å². The average Bonchev–Trinajstić information content (AvgIpc) is 2.29. The van der Waals surface area contributed by atoms with Gasteiger partial charge in [-0.2, -0.15) is 0 Å². The Morgan fingerprint density at radius 2 is 1.94 bits per heavy atom. The van der Waals surface area contributed by atoms with Gasteiger partial charge in [0.2, 0.25) is 0 Å². The highest BCUT2D eigenvalue weighted by molar-refractivity contribution is 5.35. The predicted octanol–water partition coefficient (Wildman–Crippen LogP) is 2.37. The Labute approximate surface area is 99.5 Å². The van der Waals surface area contributed by atoms with E-state index in [4.69, 9.17) is 15.2 Å². The lowest BCUT2D eigenvalue weighted by Gasteiger charge is -2.16. The molecule has 96 valence electrons. The van der Waals surface area contributed by atoms with Crippen molar-refractivity contribution in [3.63, 3.8) is 0 Å². The van der Waals surface area contributed by atoms with Gasteiger partial charge >= 0.3 is 0 Å². The molecule has 0 fully saturated rings. The summed E-state index contributed by atoms with van der Waals surface area (Å²) >= 11 is 0. The van der Waals surface area contributed by atoms with Gasteiger partial charge in [0.1, 0.15) is 12.4 Å². The Morgan fingerprint density at radius 3 is 2.59 bits per heavy atom. The summed E-state index contributed by atoms with van der Waals surface area (Å²) in [5, 5.41) is 0. The fourth-order valence-corrected chi connectivity index (χ4v) is 1.45. The minimum Gasteiger partial charge on any atom is -0.494 e. The maximum Gasteiger partial charge on any atom is 0.261 e. The molecule has 1 unspecified atom stereocenters. The Kier molecular flexibility index (Phi) is 5.86. The van der Waals surface area contributed by atoms with Gasteiger partial charge in [-0.3, -0.25) is 0 Å². The van der Waals surface area contributed by atoms with Crippen molar-refractivity contribution >= 4 is 0 Å². The summed E-state index contributed by atoms with van der Waals surface area (Å²) in [5.41, 5.74) is 6.63. The molecule has 1 atom stereocenters. The van der Waals surface area contributed by atoms with Gasteiger partial charge in [0, 0.05) is 5.56 Å². The molecule has 17 heavy (non-hydrogen) atoms. The molecule has 0 saturated carbocycles. The van der Waals surface area contributed by atoms with Crippen molar-refractivity contribution in [1.82, 2.24) is 0 Å². The lowest BCUT2D eigenvalue weighted by atomic mass is 10.1. The zero-order chi connectivity index (χ0) is 12.7. The van der Waals surface area contributed by atoms with E-state index in [1.165, 1.54) is 0 Å². The first-order valence-corrected chi connectivity index (χ1v) is 5.48. The van der Waals surface area contributed by atoms with E-state index in [0.29, 0.717) is 12.4 Å². The molecule has 1 aromatic carbocycles. The number of benzene rings is 1. The zero-order valence-corrected chi connectivity index (χ0v) is 9.74. The number of para-hydroxylation sites is 1. The van der Waals surface area contributed by atoms with Crippen LogP contribution in [0, 0.1) is 0 Å². The van der Waals surface area contributed by atoms with Gasteiger partial charge in [-0.25, -0.2) is 8.78 Å². The average molecular weight is 245 g/mol. The van der Waals surface area contributed by atoms with E-state index in [1.807, 2.05) is 19.1 Å². The zero-order valence-electron chi connectivity index (χ0n) is 9.74. The van der Waals surface area contributed by atoms with Crippen LogP contribution >= 0.6 is 0 Å². The Hall–Kier alpha value is -1.20. The lowest BCUT2D eigenvalue weighted by molar-refractivity contribution is 0.0123. The van der Waals surface area contributed by atoms with Crippen LogP contribution in [-0.4, -0.2) is 26.2 Å². The first kappa shape index (κ1) is 13.9. The fourth-order valence-electron chi connectivity index (χ4n) is 1.45. The van der Waals surface area contributed by atoms with E-state index in [-0.39, 0.29) is 6.61 Å². The number of alkyl halides is 2. The van der Waals surface area contributed by atoms with E-state index < -0.39 is 19.1 Å². The molecule has 0 heterocycles. The molecule has 1 aromatic rings. The molecule has 0 aliphatic rings. The standard InChI is InChI=1S/C12H17F2NO2/c1-2-17-11-6-4-3-5-9(11)10(15)7-16-8-12(13)14/h3-6,10,12H,2,7-8,15H2,1H3. The van der Waals surface area contributed by atoms with E-state index >= 15 is 0 Å². The van der Waals surface area contributed by atoms with E-state index in [2.05, 4.69) is 0 Å². The molecule has 2 N–H and O–H groups in total. The van der Waals surface area contributed by atoms with Crippen molar-refractivity contribution in [2.45, 2.75) is 19.4 Å². The summed E-state index contributed by atoms with van der Waals surface area (Å²) in [6.45, 7) is 1.86. The summed E-state index contributed by atoms with van der Waals surface area (Å²) in [7, 11) is 0. The highest BCUT2D eigenvalue weighted by Crippen LogP contribution is 2.23. The number of halogens is 2. The smallest absolute Gasteiger partial charge is 0.261 e. The Morgan fingerprint density at radius 1 is 1.24 bits per heavy atom. The minimum absolute atomic E-state index is 0.0500. The fraction of sp³-hybridized carbons (Fsp3) is 0.500. The van der Waals surface area contributed by atoms with Crippen LogP contribution in [-0.2, 0) is 4.74 Å². The van der Waals surface area contributed by atoms with E-state index in [0.717, 1.165) is 5.56 Å². The quantitative estimate of drug-likeness (QED) is 0.802. The second kappa shape index (κ2) is 7.19. The molecule has 0 amide bonds. The Balaban J connectivity index is 2.58. The van der Waals surface area contributed by atoms with Gasteiger partial charge in [0.25, 0.3) is 6.43 Å². The predicted molar refractivity (Wildman–Crippen MR) is 61.4 cm³/mol. The third kappa shape index (κ3) is 4.66. The van der Waals surface area contributed by atoms with Crippen LogP contribution in [0.5, 0.6) is 5.75 Å². The molecular weight excluding hydrogens is 228 g/mol. The summed E-state index contributed by atoms with van der Waals surface area (Å²) in [6.07, 6.45) is -2.47. The summed E-state index contributed by atoms with van der Waals surface area (Å²) in [6, 6.07) is 6.80. The van der Waals surface area contributed by atoms with Crippen molar-refractivity contribution in [3.8, 4) is 5.75 Å². The maximum atomic E-state index is 11.9. The number of rotatable bonds is 7. The number of ether oxygens (including phenoxy) is 2. The second-order valence-electron chi connectivity index (χ2n) is 3.51. The third-order valence-electron chi connectivity index (χ3n) is 2.16. The first-order valence-electron chi connectivity index (χ1n) is 5.48. The molecule has 0 radical (unpaired) electrons. The molecule has 1 rings (SSSR count). The van der Waals surface area contributed by atoms with Crippen molar-refractivity contribution in [2.75, 3.05) is 19.8 Å². The molecular formula is C12H17F2NO2.